The van der Waals surface area contributed by atoms with Crippen LogP contribution in [0, 0.1) is 0 Å². The monoisotopic (exact) mass is 400 g/mol. The fraction of sp³-hybridized carbons (Fsp3) is 0.286. The number of urea groups is 1. The zero-order valence-corrected chi connectivity index (χ0v) is 16.0. The number of esters is 1. The van der Waals surface area contributed by atoms with Crippen molar-refractivity contribution in [3.8, 4) is 0 Å². The van der Waals surface area contributed by atoms with Gasteiger partial charge in [0.2, 0.25) is 5.91 Å². The van der Waals surface area contributed by atoms with E-state index in [1.165, 1.54) is 0 Å². The number of ether oxygens (including phenoxy) is 1. The fourth-order valence-corrected chi connectivity index (χ4v) is 3.02. The van der Waals surface area contributed by atoms with Crippen molar-refractivity contribution in [3.63, 3.8) is 0 Å². The molecule has 6 nitrogen and oxygen atoms in total. The van der Waals surface area contributed by atoms with Crippen molar-refractivity contribution >= 4 is 29.5 Å². The molecule has 28 heavy (non-hydrogen) atoms. The lowest BCUT2D eigenvalue weighted by molar-refractivity contribution is -0.147. The molecule has 2 aromatic carbocycles. The molecule has 1 saturated carbocycles. The molecule has 1 aliphatic carbocycles. The first-order chi connectivity index (χ1) is 13.5. The van der Waals surface area contributed by atoms with E-state index in [0.717, 1.165) is 11.1 Å². The van der Waals surface area contributed by atoms with E-state index in [4.69, 9.17) is 16.3 Å². The molecular weight excluding hydrogens is 380 g/mol. The molecule has 0 heterocycles. The number of carbonyl (C=O) groups is 3. The van der Waals surface area contributed by atoms with Gasteiger partial charge >= 0.3 is 12.0 Å². The predicted molar refractivity (Wildman–Crippen MR) is 105 cm³/mol. The van der Waals surface area contributed by atoms with Crippen LogP contribution in [0.15, 0.2) is 54.6 Å². The number of carbonyl (C=O) groups excluding carboxylic acids is 3. The number of rotatable bonds is 7. The van der Waals surface area contributed by atoms with E-state index in [1.807, 2.05) is 42.5 Å². The third-order valence-corrected chi connectivity index (χ3v) is 4.90. The largest absolute Gasteiger partial charge is 0.464 e. The quantitative estimate of drug-likeness (QED) is 0.698. The van der Waals surface area contributed by atoms with Crippen LogP contribution in [0.3, 0.4) is 0 Å². The van der Waals surface area contributed by atoms with Gasteiger partial charge in [-0.05, 0) is 36.1 Å². The summed E-state index contributed by atoms with van der Waals surface area (Å²) in [5.41, 5.74) is 1.16. The smallest absolute Gasteiger partial charge is 0.321 e. The maximum absolute atomic E-state index is 12.4. The summed E-state index contributed by atoms with van der Waals surface area (Å²) in [5.74, 6) is -0.856. The molecule has 0 atom stereocenters. The number of hydrogen-bond donors (Lipinski definition) is 2. The Hall–Kier alpha value is -2.86. The summed E-state index contributed by atoms with van der Waals surface area (Å²) in [4.78, 5) is 36.0. The van der Waals surface area contributed by atoms with Crippen molar-refractivity contribution in [1.82, 2.24) is 10.6 Å². The van der Waals surface area contributed by atoms with Crippen molar-refractivity contribution in [2.24, 2.45) is 0 Å². The molecule has 3 rings (SSSR count). The third kappa shape index (κ3) is 5.10. The molecule has 3 amide bonds. The number of imide groups is 1. The van der Waals surface area contributed by atoms with Crippen LogP contribution in [0.2, 0.25) is 5.02 Å². The summed E-state index contributed by atoms with van der Waals surface area (Å²) in [6, 6.07) is 15.9. The molecule has 0 spiro atoms. The van der Waals surface area contributed by atoms with Gasteiger partial charge in [-0.1, -0.05) is 54.1 Å². The number of hydrogen-bond acceptors (Lipinski definition) is 4. The van der Waals surface area contributed by atoms with Crippen molar-refractivity contribution < 1.29 is 19.1 Å². The fourth-order valence-electron chi connectivity index (χ4n) is 2.89. The molecule has 7 heteroatoms. The molecule has 1 fully saturated rings. The Morgan fingerprint density at radius 2 is 1.68 bits per heavy atom. The lowest BCUT2D eigenvalue weighted by Crippen LogP contribution is -2.39. The van der Waals surface area contributed by atoms with Gasteiger partial charge < -0.3 is 10.1 Å². The minimum atomic E-state index is -0.631. The Morgan fingerprint density at radius 1 is 1.00 bits per heavy atom. The second kappa shape index (κ2) is 8.89. The number of halogens is 1. The summed E-state index contributed by atoms with van der Waals surface area (Å²) >= 11 is 5.89. The van der Waals surface area contributed by atoms with E-state index in [9.17, 15) is 14.4 Å². The first-order valence-corrected chi connectivity index (χ1v) is 9.42. The Kier molecular flexibility index (Phi) is 6.31. The van der Waals surface area contributed by atoms with Crippen molar-refractivity contribution in [3.05, 3.63) is 70.7 Å². The first kappa shape index (κ1) is 19.9. The molecule has 0 aromatic heterocycles. The zero-order chi connectivity index (χ0) is 20.0. The molecule has 0 aliphatic heterocycles. The van der Waals surface area contributed by atoms with Gasteiger partial charge in [-0.25, -0.2) is 4.79 Å². The van der Waals surface area contributed by atoms with Crippen LogP contribution in [0.25, 0.3) is 0 Å². The zero-order valence-electron chi connectivity index (χ0n) is 15.2. The van der Waals surface area contributed by atoms with E-state index in [1.54, 1.807) is 12.1 Å². The Labute approximate surface area is 168 Å². The highest BCUT2D eigenvalue weighted by Gasteiger charge is 2.52. The minimum Gasteiger partial charge on any atom is -0.464 e. The van der Waals surface area contributed by atoms with Gasteiger partial charge in [-0.15, -0.1) is 0 Å². The first-order valence-electron chi connectivity index (χ1n) is 9.04. The van der Waals surface area contributed by atoms with Gasteiger partial charge in [0.25, 0.3) is 0 Å². The average molecular weight is 401 g/mol. The molecule has 0 bridgehead atoms. The standard InChI is InChI=1S/C21H21ClN2O4/c22-17-8-6-16(7-9-17)21(11-12-21)19(26)28-13-10-18(25)24-20(27)23-14-15-4-2-1-3-5-15/h1-9H,10-14H2,(H2,23,24,25,27). The van der Waals surface area contributed by atoms with E-state index < -0.39 is 17.4 Å². The molecular formula is C21H21ClN2O4. The van der Waals surface area contributed by atoms with Crippen LogP contribution in [0.5, 0.6) is 0 Å². The van der Waals surface area contributed by atoms with Gasteiger partial charge in [0, 0.05) is 11.6 Å². The Morgan fingerprint density at radius 3 is 2.32 bits per heavy atom. The molecule has 2 N–H and O–H groups in total. The van der Waals surface area contributed by atoms with E-state index in [0.29, 0.717) is 24.4 Å². The lowest BCUT2D eigenvalue weighted by atomic mass is 9.96. The highest BCUT2D eigenvalue weighted by atomic mass is 35.5. The van der Waals surface area contributed by atoms with Crippen molar-refractivity contribution in [1.29, 1.82) is 0 Å². The maximum Gasteiger partial charge on any atom is 0.321 e. The minimum absolute atomic E-state index is 0.0774. The molecule has 146 valence electrons. The second-order valence-electron chi connectivity index (χ2n) is 6.69. The van der Waals surface area contributed by atoms with Crippen molar-refractivity contribution in [2.75, 3.05) is 6.61 Å². The molecule has 0 unspecified atom stereocenters. The summed E-state index contributed by atoms with van der Waals surface area (Å²) in [6.45, 7) is 0.241. The average Bonchev–Trinajstić information content (AvgIpc) is 3.50. The van der Waals surface area contributed by atoms with Crippen LogP contribution < -0.4 is 10.6 Å². The number of benzene rings is 2. The van der Waals surface area contributed by atoms with E-state index in [2.05, 4.69) is 10.6 Å². The van der Waals surface area contributed by atoms with Crippen LogP contribution in [-0.4, -0.2) is 24.5 Å². The summed E-state index contributed by atoms with van der Waals surface area (Å²) < 4.78 is 5.27. The van der Waals surface area contributed by atoms with Crippen molar-refractivity contribution in [2.45, 2.75) is 31.2 Å². The molecule has 2 aromatic rings. The maximum atomic E-state index is 12.4. The van der Waals surface area contributed by atoms with Gasteiger partial charge in [-0.3, -0.25) is 14.9 Å². The van der Waals surface area contributed by atoms with Gasteiger partial charge in [0.05, 0.1) is 11.8 Å². The van der Waals surface area contributed by atoms with Crippen LogP contribution in [0.4, 0.5) is 4.79 Å². The molecule has 0 saturated heterocycles. The van der Waals surface area contributed by atoms with Gasteiger partial charge in [0.15, 0.2) is 0 Å². The van der Waals surface area contributed by atoms with Crippen LogP contribution in [0.1, 0.15) is 30.4 Å². The predicted octanol–water partition coefficient (Wildman–Crippen LogP) is 3.33. The second-order valence-corrected chi connectivity index (χ2v) is 7.13. The highest BCUT2D eigenvalue weighted by molar-refractivity contribution is 6.30. The number of nitrogens with one attached hydrogen (secondary N) is 2. The number of amides is 3. The SMILES string of the molecule is O=C(CCOC(=O)C1(c2ccc(Cl)cc2)CC1)NC(=O)NCc1ccccc1. The van der Waals surface area contributed by atoms with E-state index >= 15 is 0 Å². The topological polar surface area (TPSA) is 84.5 Å². The summed E-state index contributed by atoms with van der Waals surface area (Å²) in [7, 11) is 0. The summed E-state index contributed by atoms with van der Waals surface area (Å²) in [5, 5.41) is 5.43. The highest BCUT2D eigenvalue weighted by Crippen LogP contribution is 2.49. The third-order valence-electron chi connectivity index (χ3n) is 4.65. The Bertz CT molecular complexity index is 848. The Balaban J connectivity index is 1.38. The summed E-state index contributed by atoms with van der Waals surface area (Å²) in [6.07, 6.45) is 1.34. The lowest BCUT2D eigenvalue weighted by Gasteiger charge is -2.15. The van der Waals surface area contributed by atoms with Crippen LogP contribution >= 0.6 is 11.6 Å². The normalized spacial score (nSPS) is 14.0. The van der Waals surface area contributed by atoms with Gasteiger partial charge in [0.1, 0.15) is 6.61 Å². The van der Waals surface area contributed by atoms with Crippen LogP contribution in [-0.2, 0) is 26.3 Å². The van der Waals surface area contributed by atoms with Gasteiger partial charge in [-0.2, -0.15) is 0 Å². The molecule has 0 radical (unpaired) electrons. The van der Waals surface area contributed by atoms with E-state index in [-0.39, 0.29) is 19.0 Å². The molecule has 1 aliphatic rings.